The average molecular weight is 353 g/mol. The van der Waals surface area contributed by atoms with Gasteiger partial charge in [0.15, 0.2) is 4.80 Å². The molecule has 124 valence electrons. The van der Waals surface area contributed by atoms with E-state index in [4.69, 9.17) is 0 Å². The Bertz CT molecular complexity index is 849. The molecule has 0 fully saturated rings. The minimum atomic E-state index is -3.56. The number of amides is 1. The van der Waals surface area contributed by atoms with E-state index in [1.807, 2.05) is 18.5 Å². The molecular weight excluding hydrogens is 334 g/mol. The van der Waals surface area contributed by atoms with Crippen LogP contribution in [0.15, 0.2) is 45.7 Å². The third-order valence-electron chi connectivity index (χ3n) is 3.34. The van der Waals surface area contributed by atoms with Crippen molar-refractivity contribution in [1.29, 1.82) is 0 Å². The lowest BCUT2D eigenvalue weighted by Gasteiger charge is -2.12. The second-order valence-electron chi connectivity index (χ2n) is 5.17. The van der Waals surface area contributed by atoms with Gasteiger partial charge in [0.25, 0.3) is 5.91 Å². The van der Waals surface area contributed by atoms with Crippen molar-refractivity contribution in [2.24, 2.45) is 12.0 Å². The molecule has 0 aliphatic carbocycles. The summed E-state index contributed by atoms with van der Waals surface area (Å²) in [5.74, 6) is -0.401. The number of aryl methyl sites for hydroxylation is 1. The molecule has 2 rings (SSSR count). The van der Waals surface area contributed by atoms with E-state index < -0.39 is 15.9 Å². The summed E-state index contributed by atoms with van der Waals surface area (Å²) in [7, 11) is -1.76. The van der Waals surface area contributed by atoms with Gasteiger partial charge < -0.3 is 4.57 Å². The molecule has 1 heterocycles. The van der Waals surface area contributed by atoms with E-state index in [-0.39, 0.29) is 10.9 Å². The SMILES string of the molecule is CCC(C)NS(=O)(=O)c1ccc(C(=O)N=c2sccn2C)cc1. The third-order valence-corrected chi connectivity index (χ3v) is 5.79. The fourth-order valence-electron chi connectivity index (χ4n) is 1.78. The Labute approximate surface area is 139 Å². The van der Waals surface area contributed by atoms with Gasteiger partial charge in [-0.15, -0.1) is 11.3 Å². The molecule has 1 N–H and O–H groups in total. The summed E-state index contributed by atoms with van der Waals surface area (Å²) >= 11 is 1.36. The van der Waals surface area contributed by atoms with Crippen molar-refractivity contribution in [3.05, 3.63) is 46.2 Å². The number of hydrogen-bond acceptors (Lipinski definition) is 4. The second kappa shape index (κ2) is 7.20. The molecule has 0 saturated heterocycles. The van der Waals surface area contributed by atoms with Gasteiger partial charge in [0.1, 0.15) is 0 Å². The molecule has 23 heavy (non-hydrogen) atoms. The van der Waals surface area contributed by atoms with Crippen molar-refractivity contribution in [2.45, 2.75) is 31.2 Å². The van der Waals surface area contributed by atoms with Crippen molar-refractivity contribution >= 4 is 27.3 Å². The first-order valence-corrected chi connectivity index (χ1v) is 9.51. The third kappa shape index (κ3) is 4.37. The van der Waals surface area contributed by atoms with Crippen LogP contribution in [0.5, 0.6) is 0 Å². The summed E-state index contributed by atoms with van der Waals surface area (Å²) in [4.78, 5) is 16.9. The number of benzene rings is 1. The Hall–Kier alpha value is -1.77. The molecule has 2 aromatic rings. The van der Waals surface area contributed by atoms with Crippen LogP contribution in [0.3, 0.4) is 0 Å². The number of sulfonamides is 1. The lowest BCUT2D eigenvalue weighted by atomic mass is 10.2. The van der Waals surface area contributed by atoms with Gasteiger partial charge in [0.05, 0.1) is 4.90 Å². The van der Waals surface area contributed by atoms with E-state index in [0.717, 1.165) is 0 Å². The summed E-state index contributed by atoms with van der Waals surface area (Å²) in [5, 5.41) is 1.84. The van der Waals surface area contributed by atoms with Crippen molar-refractivity contribution in [1.82, 2.24) is 9.29 Å². The summed E-state index contributed by atoms with van der Waals surface area (Å²) < 4.78 is 28.6. The molecule has 1 unspecified atom stereocenters. The van der Waals surface area contributed by atoms with Gasteiger partial charge in [-0.2, -0.15) is 4.99 Å². The van der Waals surface area contributed by atoms with Crippen LogP contribution in [0.1, 0.15) is 30.6 Å². The van der Waals surface area contributed by atoms with Crippen molar-refractivity contribution in [3.8, 4) is 0 Å². The molecule has 0 spiro atoms. The number of nitrogens with one attached hydrogen (secondary N) is 1. The topological polar surface area (TPSA) is 80.5 Å². The van der Waals surface area contributed by atoms with Gasteiger partial charge >= 0.3 is 0 Å². The Balaban J connectivity index is 2.23. The first-order valence-electron chi connectivity index (χ1n) is 7.15. The molecule has 1 aromatic heterocycles. The van der Waals surface area contributed by atoms with Crippen LogP contribution in [-0.4, -0.2) is 24.9 Å². The molecule has 0 aliphatic rings. The predicted octanol–water partition coefficient (Wildman–Crippen LogP) is 1.90. The molecule has 0 bridgehead atoms. The molecule has 0 radical (unpaired) electrons. The van der Waals surface area contributed by atoms with Gasteiger partial charge in [-0.1, -0.05) is 6.92 Å². The van der Waals surface area contributed by atoms with E-state index >= 15 is 0 Å². The molecule has 1 atom stereocenters. The molecule has 6 nitrogen and oxygen atoms in total. The molecule has 1 aromatic carbocycles. The Morgan fingerprint density at radius 3 is 2.52 bits per heavy atom. The first-order chi connectivity index (χ1) is 10.8. The fraction of sp³-hybridized carbons (Fsp3) is 0.333. The zero-order chi connectivity index (χ0) is 17.0. The quantitative estimate of drug-likeness (QED) is 0.891. The van der Waals surface area contributed by atoms with Gasteiger partial charge in [-0.3, -0.25) is 4.79 Å². The highest BCUT2D eigenvalue weighted by Crippen LogP contribution is 2.12. The maximum atomic E-state index is 12.2. The van der Waals surface area contributed by atoms with Gasteiger partial charge in [-0.05, 0) is 37.6 Å². The standard InChI is InChI=1S/C15H19N3O3S2/c1-4-11(2)17-23(20,21)13-7-5-12(6-8-13)14(19)16-15-18(3)9-10-22-15/h5-11,17H,4H2,1-3H3. The number of nitrogens with zero attached hydrogens (tertiary/aromatic N) is 2. The van der Waals surface area contributed by atoms with Crippen molar-refractivity contribution in [3.63, 3.8) is 0 Å². The number of carbonyl (C=O) groups excluding carboxylic acids is 1. The number of aromatic nitrogens is 1. The van der Waals surface area contributed by atoms with Crippen LogP contribution in [0.4, 0.5) is 0 Å². The second-order valence-corrected chi connectivity index (χ2v) is 7.76. The monoisotopic (exact) mass is 353 g/mol. The molecule has 1 amide bonds. The van der Waals surface area contributed by atoms with Crippen LogP contribution >= 0.6 is 11.3 Å². The Morgan fingerprint density at radius 1 is 1.35 bits per heavy atom. The average Bonchev–Trinajstić information content (AvgIpc) is 2.92. The number of hydrogen-bond donors (Lipinski definition) is 1. The van der Waals surface area contributed by atoms with Crippen LogP contribution < -0.4 is 9.52 Å². The molecular formula is C15H19N3O3S2. The van der Waals surface area contributed by atoms with E-state index in [0.29, 0.717) is 16.8 Å². The number of thiazole rings is 1. The van der Waals surface area contributed by atoms with E-state index in [2.05, 4.69) is 9.71 Å². The molecule has 0 saturated carbocycles. The summed E-state index contributed by atoms with van der Waals surface area (Å²) in [5.41, 5.74) is 0.348. The largest absolute Gasteiger partial charge is 0.327 e. The Kier molecular flexibility index (Phi) is 5.51. The first kappa shape index (κ1) is 17.6. The summed E-state index contributed by atoms with van der Waals surface area (Å²) in [6, 6.07) is 5.65. The zero-order valence-electron chi connectivity index (χ0n) is 13.2. The zero-order valence-corrected chi connectivity index (χ0v) is 14.8. The van der Waals surface area contributed by atoms with Crippen molar-refractivity contribution < 1.29 is 13.2 Å². The molecule has 0 aliphatic heterocycles. The van der Waals surface area contributed by atoms with E-state index in [9.17, 15) is 13.2 Å². The highest BCUT2D eigenvalue weighted by molar-refractivity contribution is 7.89. The van der Waals surface area contributed by atoms with Crippen LogP contribution in [0.25, 0.3) is 0 Å². The Morgan fingerprint density at radius 2 is 2.00 bits per heavy atom. The van der Waals surface area contributed by atoms with Gasteiger partial charge in [-0.25, -0.2) is 13.1 Å². The highest BCUT2D eigenvalue weighted by Gasteiger charge is 2.17. The maximum absolute atomic E-state index is 12.2. The normalized spacial score (nSPS) is 14.0. The van der Waals surface area contributed by atoms with Crippen LogP contribution in [-0.2, 0) is 17.1 Å². The van der Waals surface area contributed by atoms with Gasteiger partial charge in [0, 0.05) is 30.2 Å². The lowest BCUT2D eigenvalue weighted by molar-refractivity contribution is 0.0997. The smallest absolute Gasteiger partial charge is 0.279 e. The highest BCUT2D eigenvalue weighted by atomic mass is 32.2. The van der Waals surface area contributed by atoms with Crippen LogP contribution in [0.2, 0.25) is 0 Å². The minimum absolute atomic E-state index is 0.135. The predicted molar refractivity (Wildman–Crippen MR) is 89.7 cm³/mol. The van der Waals surface area contributed by atoms with E-state index in [1.54, 1.807) is 18.5 Å². The van der Waals surface area contributed by atoms with Crippen LogP contribution in [0, 0.1) is 0 Å². The van der Waals surface area contributed by atoms with Gasteiger partial charge in [0.2, 0.25) is 10.0 Å². The maximum Gasteiger partial charge on any atom is 0.279 e. The number of rotatable bonds is 5. The fourth-order valence-corrected chi connectivity index (χ4v) is 3.83. The summed E-state index contributed by atoms with van der Waals surface area (Å²) in [6.45, 7) is 3.70. The molecule has 8 heteroatoms. The lowest BCUT2D eigenvalue weighted by Crippen LogP contribution is -2.31. The van der Waals surface area contributed by atoms with Crippen molar-refractivity contribution in [2.75, 3.05) is 0 Å². The summed E-state index contributed by atoms with van der Waals surface area (Å²) in [6.07, 6.45) is 2.51. The van der Waals surface area contributed by atoms with E-state index in [1.165, 1.54) is 35.6 Å². The minimum Gasteiger partial charge on any atom is -0.327 e. The number of carbonyl (C=O) groups is 1.